The minimum Gasteiger partial charge on any atom is -0.481 e. The molecule has 114 valence electrons. The fourth-order valence-corrected chi connectivity index (χ4v) is 3.56. The van der Waals surface area contributed by atoms with Crippen molar-refractivity contribution in [3.8, 4) is 0 Å². The van der Waals surface area contributed by atoms with Crippen LogP contribution in [0.25, 0.3) is 0 Å². The first-order valence-corrected chi connectivity index (χ1v) is 7.65. The van der Waals surface area contributed by atoms with E-state index in [1.54, 1.807) is 4.90 Å². The van der Waals surface area contributed by atoms with Gasteiger partial charge < -0.3 is 14.9 Å². The highest BCUT2D eigenvalue weighted by Gasteiger charge is 2.39. The normalized spacial score (nSPS) is 28.5. The summed E-state index contributed by atoms with van der Waals surface area (Å²) in [6.07, 6.45) is 4.49. The van der Waals surface area contributed by atoms with E-state index in [2.05, 4.69) is 11.9 Å². The number of likely N-dealkylation sites (tertiary alicyclic amines) is 1. The van der Waals surface area contributed by atoms with Crippen LogP contribution < -0.4 is 0 Å². The number of piperidine rings is 1. The van der Waals surface area contributed by atoms with Crippen LogP contribution in [0.5, 0.6) is 0 Å². The van der Waals surface area contributed by atoms with Crippen LogP contribution >= 0.6 is 0 Å². The van der Waals surface area contributed by atoms with E-state index in [-0.39, 0.29) is 11.8 Å². The molecule has 2 atom stereocenters. The van der Waals surface area contributed by atoms with Crippen LogP contribution in [0.3, 0.4) is 0 Å². The summed E-state index contributed by atoms with van der Waals surface area (Å²) >= 11 is 0. The first-order valence-electron chi connectivity index (χ1n) is 7.65. The number of hydrogen-bond acceptors (Lipinski definition) is 3. The Balaban J connectivity index is 1.87. The number of hydrogen-bond donors (Lipinski definition) is 1. The number of rotatable bonds is 4. The fraction of sp³-hybridized carbons (Fsp3) is 0.867. The summed E-state index contributed by atoms with van der Waals surface area (Å²) in [6.45, 7) is 2.96. The lowest BCUT2D eigenvalue weighted by atomic mass is 9.93. The van der Waals surface area contributed by atoms with E-state index in [1.165, 1.54) is 0 Å². The topological polar surface area (TPSA) is 60.9 Å². The Hall–Kier alpha value is -1.10. The lowest BCUT2D eigenvalue weighted by Crippen LogP contribution is -2.41. The summed E-state index contributed by atoms with van der Waals surface area (Å²) in [5.41, 5.74) is 0. The van der Waals surface area contributed by atoms with Gasteiger partial charge in [-0.05, 0) is 51.7 Å². The highest BCUT2D eigenvalue weighted by Crippen LogP contribution is 2.33. The van der Waals surface area contributed by atoms with Crippen molar-refractivity contribution >= 4 is 11.9 Å². The van der Waals surface area contributed by atoms with Gasteiger partial charge >= 0.3 is 5.97 Å². The first-order chi connectivity index (χ1) is 9.49. The number of aliphatic carboxylic acids is 1. The maximum atomic E-state index is 12.5. The lowest BCUT2D eigenvalue weighted by molar-refractivity contribution is -0.148. The molecule has 1 saturated heterocycles. The predicted molar refractivity (Wildman–Crippen MR) is 76.3 cm³/mol. The SMILES string of the molecule is CN1CCC(CN(C)C(=O)C2CCCC2C(=O)O)CC1. The molecular weight excluding hydrogens is 256 g/mol. The molecule has 2 unspecified atom stereocenters. The van der Waals surface area contributed by atoms with Gasteiger partial charge in [0.05, 0.1) is 11.8 Å². The number of carbonyl (C=O) groups excluding carboxylic acids is 1. The van der Waals surface area contributed by atoms with Gasteiger partial charge in [0, 0.05) is 13.6 Å². The Morgan fingerprint density at radius 3 is 2.35 bits per heavy atom. The smallest absolute Gasteiger partial charge is 0.307 e. The average molecular weight is 282 g/mol. The van der Waals surface area contributed by atoms with E-state index in [0.717, 1.165) is 45.3 Å². The zero-order valence-corrected chi connectivity index (χ0v) is 12.5. The standard InChI is InChI=1S/C15H26N2O3/c1-16-8-6-11(7-9-16)10-17(2)14(18)12-4-3-5-13(12)15(19)20/h11-13H,3-10H2,1-2H3,(H,19,20). The van der Waals surface area contributed by atoms with Crippen molar-refractivity contribution in [2.75, 3.05) is 33.7 Å². The Labute approximate surface area is 120 Å². The molecule has 5 nitrogen and oxygen atoms in total. The lowest BCUT2D eigenvalue weighted by Gasteiger charge is -2.32. The Morgan fingerprint density at radius 2 is 1.75 bits per heavy atom. The van der Waals surface area contributed by atoms with Crippen LogP contribution in [0.2, 0.25) is 0 Å². The van der Waals surface area contributed by atoms with Gasteiger partial charge in [-0.15, -0.1) is 0 Å². The zero-order chi connectivity index (χ0) is 14.7. The van der Waals surface area contributed by atoms with E-state index >= 15 is 0 Å². The van der Waals surface area contributed by atoms with Gasteiger partial charge in [-0.1, -0.05) is 6.42 Å². The van der Waals surface area contributed by atoms with E-state index in [0.29, 0.717) is 12.3 Å². The molecule has 0 spiro atoms. The van der Waals surface area contributed by atoms with Gasteiger partial charge in [-0.25, -0.2) is 0 Å². The molecule has 1 amide bonds. The molecule has 0 aromatic carbocycles. The molecule has 2 rings (SSSR count). The molecule has 1 heterocycles. The minimum atomic E-state index is -0.812. The number of carboxylic acid groups (broad SMARTS) is 1. The molecule has 0 radical (unpaired) electrons. The van der Waals surface area contributed by atoms with E-state index in [9.17, 15) is 14.7 Å². The molecule has 0 bridgehead atoms. The van der Waals surface area contributed by atoms with Crippen LogP contribution in [0, 0.1) is 17.8 Å². The molecule has 1 saturated carbocycles. The molecule has 2 aliphatic rings. The summed E-state index contributed by atoms with van der Waals surface area (Å²) in [7, 11) is 3.96. The fourth-order valence-electron chi connectivity index (χ4n) is 3.56. The van der Waals surface area contributed by atoms with Gasteiger partial charge in [0.2, 0.25) is 5.91 Å². The highest BCUT2D eigenvalue weighted by atomic mass is 16.4. The van der Waals surface area contributed by atoms with E-state index < -0.39 is 11.9 Å². The summed E-state index contributed by atoms with van der Waals surface area (Å²) in [5.74, 6) is -0.988. The molecule has 5 heteroatoms. The van der Waals surface area contributed by atoms with Gasteiger partial charge in [0.25, 0.3) is 0 Å². The number of carboxylic acids is 1. The molecule has 1 aliphatic carbocycles. The van der Waals surface area contributed by atoms with Crippen LogP contribution in [0.4, 0.5) is 0 Å². The second-order valence-electron chi connectivity index (χ2n) is 6.45. The zero-order valence-electron chi connectivity index (χ0n) is 12.5. The Morgan fingerprint density at radius 1 is 1.15 bits per heavy atom. The van der Waals surface area contributed by atoms with E-state index in [1.807, 2.05) is 7.05 Å². The molecule has 0 aromatic rings. The Kier molecular flexibility index (Phi) is 5.02. The van der Waals surface area contributed by atoms with Crippen molar-refractivity contribution in [2.24, 2.45) is 17.8 Å². The molecule has 1 N–H and O–H groups in total. The van der Waals surface area contributed by atoms with Crippen LogP contribution in [-0.2, 0) is 9.59 Å². The van der Waals surface area contributed by atoms with Crippen molar-refractivity contribution in [2.45, 2.75) is 32.1 Å². The number of nitrogens with zero attached hydrogens (tertiary/aromatic N) is 2. The highest BCUT2D eigenvalue weighted by molar-refractivity contribution is 5.85. The van der Waals surface area contributed by atoms with Gasteiger partial charge in [0.1, 0.15) is 0 Å². The third-order valence-electron chi connectivity index (χ3n) is 4.90. The summed E-state index contributed by atoms with van der Waals surface area (Å²) < 4.78 is 0. The van der Waals surface area contributed by atoms with Gasteiger partial charge in [-0.2, -0.15) is 0 Å². The molecule has 2 fully saturated rings. The molecule has 1 aliphatic heterocycles. The van der Waals surface area contributed by atoms with E-state index in [4.69, 9.17) is 0 Å². The van der Waals surface area contributed by atoms with Gasteiger partial charge in [0.15, 0.2) is 0 Å². The van der Waals surface area contributed by atoms with Crippen molar-refractivity contribution in [3.63, 3.8) is 0 Å². The predicted octanol–water partition coefficient (Wildman–Crippen LogP) is 1.29. The summed E-state index contributed by atoms with van der Waals surface area (Å²) in [6, 6.07) is 0. The van der Waals surface area contributed by atoms with Crippen molar-refractivity contribution in [1.82, 2.24) is 9.80 Å². The Bertz CT molecular complexity index is 364. The minimum absolute atomic E-state index is 0.0360. The second kappa shape index (κ2) is 6.57. The monoisotopic (exact) mass is 282 g/mol. The molecule has 20 heavy (non-hydrogen) atoms. The first kappa shape index (κ1) is 15.3. The third kappa shape index (κ3) is 3.51. The van der Waals surface area contributed by atoms with Crippen LogP contribution in [0.1, 0.15) is 32.1 Å². The van der Waals surface area contributed by atoms with Crippen molar-refractivity contribution in [1.29, 1.82) is 0 Å². The average Bonchev–Trinajstić information content (AvgIpc) is 2.90. The van der Waals surface area contributed by atoms with Crippen molar-refractivity contribution < 1.29 is 14.7 Å². The third-order valence-corrected chi connectivity index (χ3v) is 4.90. The molecule has 0 aromatic heterocycles. The maximum Gasteiger partial charge on any atom is 0.307 e. The summed E-state index contributed by atoms with van der Waals surface area (Å²) in [5, 5.41) is 9.19. The van der Waals surface area contributed by atoms with Crippen LogP contribution in [0.15, 0.2) is 0 Å². The summed E-state index contributed by atoms with van der Waals surface area (Å²) in [4.78, 5) is 27.7. The quantitative estimate of drug-likeness (QED) is 0.844. The molecular formula is C15H26N2O3. The van der Waals surface area contributed by atoms with Crippen molar-refractivity contribution in [3.05, 3.63) is 0 Å². The van der Waals surface area contributed by atoms with Crippen LogP contribution in [-0.4, -0.2) is 60.5 Å². The van der Waals surface area contributed by atoms with Gasteiger partial charge in [-0.3, -0.25) is 9.59 Å². The number of carbonyl (C=O) groups is 2. The number of amides is 1. The maximum absolute atomic E-state index is 12.5. The second-order valence-corrected chi connectivity index (χ2v) is 6.45. The largest absolute Gasteiger partial charge is 0.481 e.